The number of carbonyl (C=O) groups is 1. The first-order chi connectivity index (χ1) is 9.15. The van der Waals surface area contributed by atoms with Crippen LogP contribution in [0.4, 0.5) is 0 Å². The molecule has 3 rings (SSSR count). The second-order valence-electron chi connectivity index (χ2n) is 5.20. The Hall–Kier alpha value is -1.55. The van der Waals surface area contributed by atoms with Gasteiger partial charge in [0.15, 0.2) is 0 Å². The Morgan fingerprint density at radius 2 is 2.26 bits per heavy atom. The van der Waals surface area contributed by atoms with Gasteiger partial charge in [-0.05, 0) is 44.2 Å². The molecule has 1 saturated carbocycles. The Bertz CT molecular complexity index is 594. The average Bonchev–Trinajstić information content (AvgIpc) is 2.96. The quantitative estimate of drug-likeness (QED) is 0.913. The summed E-state index contributed by atoms with van der Waals surface area (Å²) in [7, 11) is 0. The molecule has 2 aromatic rings. The fourth-order valence-corrected chi connectivity index (χ4v) is 3.02. The number of nitrogens with zero attached hydrogens (tertiary/aromatic N) is 1. The molecule has 0 bridgehead atoms. The molecule has 2 aromatic heterocycles. The third-order valence-electron chi connectivity index (χ3n) is 3.62. The monoisotopic (exact) mass is 274 g/mol. The van der Waals surface area contributed by atoms with E-state index < -0.39 is 0 Å². The zero-order valence-corrected chi connectivity index (χ0v) is 12.1. The van der Waals surface area contributed by atoms with Gasteiger partial charge in [-0.1, -0.05) is 6.07 Å². The van der Waals surface area contributed by atoms with Gasteiger partial charge < -0.3 is 9.88 Å². The van der Waals surface area contributed by atoms with E-state index in [4.69, 9.17) is 0 Å². The van der Waals surface area contributed by atoms with Crippen LogP contribution in [-0.4, -0.2) is 16.5 Å². The van der Waals surface area contributed by atoms with E-state index in [-0.39, 0.29) is 5.91 Å². The second kappa shape index (κ2) is 4.85. The van der Waals surface area contributed by atoms with Crippen molar-refractivity contribution in [1.29, 1.82) is 0 Å². The third kappa shape index (κ3) is 2.59. The molecule has 0 unspecified atom stereocenters. The Morgan fingerprint density at radius 3 is 2.89 bits per heavy atom. The summed E-state index contributed by atoms with van der Waals surface area (Å²) in [6, 6.07) is 6.61. The van der Waals surface area contributed by atoms with Crippen molar-refractivity contribution in [2.75, 3.05) is 0 Å². The molecule has 1 aliphatic carbocycles. The molecule has 100 valence electrons. The van der Waals surface area contributed by atoms with Gasteiger partial charge in [-0.2, -0.15) is 0 Å². The first-order valence-electron chi connectivity index (χ1n) is 6.65. The smallest absolute Gasteiger partial charge is 0.253 e. The zero-order chi connectivity index (χ0) is 13.4. The predicted octanol–water partition coefficient (Wildman–Crippen LogP) is 3.11. The standard InChI is InChI=1S/C15H18N2OS/c1-10-8-14(15(18)16-12-5-6-12)11(2)17(10)9-13-4-3-7-19-13/h3-4,7-8,12H,5-6,9H2,1-2H3,(H,16,18). The molecule has 19 heavy (non-hydrogen) atoms. The lowest BCUT2D eigenvalue weighted by Crippen LogP contribution is -2.25. The van der Waals surface area contributed by atoms with E-state index in [0.717, 1.165) is 36.3 Å². The highest BCUT2D eigenvalue weighted by Crippen LogP contribution is 2.22. The molecule has 1 amide bonds. The molecule has 3 nitrogen and oxygen atoms in total. The molecule has 1 N–H and O–H groups in total. The number of hydrogen-bond acceptors (Lipinski definition) is 2. The Morgan fingerprint density at radius 1 is 1.47 bits per heavy atom. The largest absolute Gasteiger partial charge is 0.349 e. The molecule has 0 atom stereocenters. The van der Waals surface area contributed by atoms with Crippen LogP contribution in [0.1, 0.15) is 39.5 Å². The summed E-state index contributed by atoms with van der Waals surface area (Å²) in [5.41, 5.74) is 3.02. The van der Waals surface area contributed by atoms with Gasteiger partial charge >= 0.3 is 0 Å². The summed E-state index contributed by atoms with van der Waals surface area (Å²) in [6.07, 6.45) is 2.25. The van der Waals surface area contributed by atoms with Gasteiger partial charge in [0, 0.05) is 22.3 Å². The highest BCUT2D eigenvalue weighted by atomic mass is 32.1. The van der Waals surface area contributed by atoms with Crippen molar-refractivity contribution in [2.24, 2.45) is 0 Å². The van der Waals surface area contributed by atoms with E-state index in [9.17, 15) is 4.79 Å². The first kappa shape index (κ1) is 12.5. The fourth-order valence-electron chi connectivity index (χ4n) is 2.32. The lowest BCUT2D eigenvalue weighted by Gasteiger charge is -2.08. The van der Waals surface area contributed by atoms with E-state index in [1.165, 1.54) is 4.88 Å². The van der Waals surface area contributed by atoms with Crippen molar-refractivity contribution < 1.29 is 4.79 Å². The molecule has 0 spiro atoms. The van der Waals surface area contributed by atoms with Gasteiger partial charge in [0.25, 0.3) is 5.91 Å². The van der Waals surface area contributed by atoms with Gasteiger partial charge in [-0.3, -0.25) is 4.79 Å². The molecule has 0 aromatic carbocycles. The van der Waals surface area contributed by atoms with Crippen molar-refractivity contribution >= 4 is 17.2 Å². The highest BCUT2D eigenvalue weighted by molar-refractivity contribution is 7.09. The van der Waals surface area contributed by atoms with Gasteiger partial charge in [0.2, 0.25) is 0 Å². The average molecular weight is 274 g/mol. The van der Waals surface area contributed by atoms with Crippen molar-refractivity contribution in [1.82, 2.24) is 9.88 Å². The van der Waals surface area contributed by atoms with E-state index in [0.29, 0.717) is 6.04 Å². The number of carbonyl (C=O) groups excluding carboxylic acids is 1. The minimum Gasteiger partial charge on any atom is -0.349 e. The van der Waals surface area contributed by atoms with Gasteiger partial charge in [0.05, 0.1) is 12.1 Å². The number of thiophene rings is 1. The number of aromatic nitrogens is 1. The van der Waals surface area contributed by atoms with Crippen LogP contribution in [0.15, 0.2) is 23.6 Å². The van der Waals surface area contributed by atoms with E-state index >= 15 is 0 Å². The molecule has 1 aliphatic rings. The zero-order valence-electron chi connectivity index (χ0n) is 11.3. The van der Waals surface area contributed by atoms with Crippen molar-refractivity contribution in [3.63, 3.8) is 0 Å². The molecule has 2 heterocycles. The Balaban J connectivity index is 1.84. The summed E-state index contributed by atoms with van der Waals surface area (Å²) in [5.74, 6) is 0.0769. The number of aryl methyl sites for hydroxylation is 1. The molecular formula is C15H18N2OS. The van der Waals surface area contributed by atoms with E-state index in [2.05, 4.69) is 34.3 Å². The SMILES string of the molecule is Cc1cc(C(=O)NC2CC2)c(C)n1Cc1cccs1. The predicted molar refractivity (Wildman–Crippen MR) is 77.8 cm³/mol. The number of hydrogen-bond donors (Lipinski definition) is 1. The topological polar surface area (TPSA) is 34.0 Å². The second-order valence-corrected chi connectivity index (χ2v) is 6.23. The summed E-state index contributed by atoms with van der Waals surface area (Å²) in [5, 5.41) is 5.15. The number of nitrogens with one attached hydrogen (secondary N) is 1. The maximum atomic E-state index is 12.2. The number of rotatable bonds is 4. The van der Waals surface area contributed by atoms with Crippen LogP contribution in [0.25, 0.3) is 0 Å². The Kier molecular flexibility index (Phi) is 3.19. The minimum atomic E-state index is 0.0769. The van der Waals surface area contributed by atoms with E-state index in [1.807, 2.05) is 13.0 Å². The van der Waals surface area contributed by atoms with Crippen molar-refractivity contribution in [3.05, 3.63) is 45.4 Å². The minimum absolute atomic E-state index is 0.0769. The summed E-state index contributed by atoms with van der Waals surface area (Å²) >= 11 is 1.75. The van der Waals surface area contributed by atoms with Gasteiger partial charge in [-0.15, -0.1) is 11.3 Å². The van der Waals surface area contributed by atoms with Crippen molar-refractivity contribution in [3.8, 4) is 0 Å². The van der Waals surface area contributed by atoms with E-state index in [1.54, 1.807) is 11.3 Å². The highest BCUT2D eigenvalue weighted by Gasteiger charge is 2.25. The van der Waals surface area contributed by atoms with Crippen LogP contribution in [0, 0.1) is 13.8 Å². The van der Waals surface area contributed by atoms with Gasteiger partial charge in [0.1, 0.15) is 0 Å². The van der Waals surface area contributed by atoms with Gasteiger partial charge in [-0.25, -0.2) is 0 Å². The fraction of sp³-hybridized carbons (Fsp3) is 0.400. The summed E-state index contributed by atoms with van der Waals surface area (Å²) < 4.78 is 2.22. The van der Waals surface area contributed by atoms with Crippen molar-refractivity contribution in [2.45, 2.75) is 39.3 Å². The first-order valence-corrected chi connectivity index (χ1v) is 7.53. The molecule has 1 fully saturated rings. The molecular weight excluding hydrogens is 256 g/mol. The Labute approximate surface area is 117 Å². The lowest BCUT2D eigenvalue weighted by atomic mass is 10.2. The molecule has 0 radical (unpaired) electrons. The maximum Gasteiger partial charge on any atom is 0.253 e. The molecule has 4 heteroatoms. The van der Waals surface area contributed by atoms with Crippen LogP contribution >= 0.6 is 11.3 Å². The summed E-state index contributed by atoms with van der Waals surface area (Å²) in [6.45, 7) is 4.95. The molecule has 0 saturated heterocycles. The lowest BCUT2D eigenvalue weighted by molar-refractivity contribution is 0.0950. The number of amides is 1. The van der Waals surface area contributed by atoms with Crippen LogP contribution in [0.5, 0.6) is 0 Å². The normalized spacial score (nSPS) is 14.6. The third-order valence-corrected chi connectivity index (χ3v) is 4.49. The maximum absolute atomic E-state index is 12.2. The van der Waals surface area contributed by atoms with Crippen LogP contribution < -0.4 is 5.32 Å². The van der Waals surface area contributed by atoms with Crippen LogP contribution in [-0.2, 0) is 6.54 Å². The van der Waals surface area contributed by atoms with Crippen LogP contribution in [0.2, 0.25) is 0 Å². The van der Waals surface area contributed by atoms with Crippen LogP contribution in [0.3, 0.4) is 0 Å². The summed E-state index contributed by atoms with van der Waals surface area (Å²) in [4.78, 5) is 13.5. The molecule has 0 aliphatic heterocycles.